The van der Waals surface area contributed by atoms with E-state index in [0.29, 0.717) is 6.61 Å². The molecule has 0 aromatic heterocycles. The van der Waals surface area contributed by atoms with Crippen molar-refractivity contribution < 1.29 is 20.9 Å². The standard InChI is InChI=1S/C20H52O5Si5/c1-13-15-16-17-18-19-20-29(11,24-28(9,10)22-26(3,4)5)25-30(12,21-14-2)23-27(6,7)8/h13-20H2,1-12H3. The van der Waals surface area contributed by atoms with Crippen molar-refractivity contribution in [1.82, 2.24) is 0 Å². The van der Waals surface area contributed by atoms with Crippen LogP contribution in [0.15, 0.2) is 0 Å². The van der Waals surface area contributed by atoms with Gasteiger partial charge in [0.15, 0.2) is 16.6 Å². The third-order valence-electron chi connectivity index (χ3n) is 4.30. The van der Waals surface area contributed by atoms with Gasteiger partial charge < -0.3 is 20.9 Å². The van der Waals surface area contributed by atoms with Crippen LogP contribution >= 0.6 is 0 Å². The number of rotatable bonds is 17. The van der Waals surface area contributed by atoms with Crippen LogP contribution in [0.5, 0.6) is 0 Å². The second-order valence-corrected chi connectivity index (χ2v) is 30.3. The number of hydrogen-bond donors (Lipinski definition) is 0. The topological polar surface area (TPSA) is 46.2 Å². The highest BCUT2D eigenvalue weighted by Gasteiger charge is 2.50. The average molecular weight is 513 g/mol. The predicted octanol–water partition coefficient (Wildman–Crippen LogP) is 7.46. The van der Waals surface area contributed by atoms with Crippen LogP contribution in [0.1, 0.15) is 52.4 Å². The van der Waals surface area contributed by atoms with Gasteiger partial charge in [-0.15, -0.1) is 0 Å². The molecule has 0 aromatic carbocycles. The van der Waals surface area contributed by atoms with Crippen LogP contribution < -0.4 is 0 Å². The summed E-state index contributed by atoms with van der Waals surface area (Å²) in [4.78, 5) is 0. The zero-order valence-corrected chi connectivity index (χ0v) is 27.2. The maximum absolute atomic E-state index is 6.84. The van der Waals surface area contributed by atoms with Gasteiger partial charge >= 0.3 is 25.9 Å². The van der Waals surface area contributed by atoms with Gasteiger partial charge in [0.25, 0.3) is 0 Å². The van der Waals surface area contributed by atoms with Gasteiger partial charge in [-0.05, 0) is 71.9 Å². The van der Waals surface area contributed by atoms with E-state index in [4.69, 9.17) is 20.9 Å². The Hall–Kier alpha value is 0.884. The fraction of sp³-hybridized carbons (Fsp3) is 1.00. The van der Waals surface area contributed by atoms with E-state index in [1.165, 1.54) is 32.1 Å². The Morgan fingerprint density at radius 2 is 1.03 bits per heavy atom. The average Bonchev–Trinajstić information content (AvgIpc) is 2.45. The van der Waals surface area contributed by atoms with Crippen molar-refractivity contribution in [2.75, 3.05) is 6.61 Å². The van der Waals surface area contributed by atoms with Crippen LogP contribution in [-0.4, -0.2) is 49.2 Å². The van der Waals surface area contributed by atoms with Crippen LogP contribution in [0.4, 0.5) is 0 Å². The van der Waals surface area contributed by atoms with Gasteiger partial charge in [-0.25, -0.2) is 0 Å². The van der Waals surface area contributed by atoms with Crippen molar-refractivity contribution in [3.63, 3.8) is 0 Å². The third-order valence-corrected chi connectivity index (χ3v) is 21.6. The molecule has 0 fully saturated rings. The summed E-state index contributed by atoms with van der Waals surface area (Å²) in [5.41, 5.74) is 0. The molecule has 0 aliphatic heterocycles. The van der Waals surface area contributed by atoms with Gasteiger partial charge in [0.05, 0.1) is 0 Å². The van der Waals surface area contributed by atoms with Crippen LogP contribution in [0, 0.1) is 0 Å². The summed E-state index contributed by atoms with van der Waals surface area (Å²) in [7, 11) is -11.1. The lowest BCUT2D eigenvalue weighted by Crippen LogP contribution is -2.61. The number of hydrogen-bond acceptors (Lipinski definition) is 5. The molecule has 0 aromatic rings. The van der Waals surface area contributed by atoms with Crippen molar-refractivity contribution >= 4 is 42.6 Å². The van der Waals surface area contributed by atoms with Gasteiger partial charge in [0.2, 0.25) is 0 Å². The molecule has 0 saturated heterocycles. The molecule has 0 aliphatic carbocycles. The Labute approximate surface area is 193 Å². The Morgan fingerprint density at radius 1 is 0.533 bits per heavy atom. The summed E-state index contributed by atoms with van der Waals surface area (Å²) in [5, 5.41) is 0. The Bertz CT molecular complexity index is 481. The summed E-state index contributed by atoms with van der Waals surface area (Å²) in [5.74, 6) is 0. The summed E-state index contributed by atoms with van der Waals surface area (Å²) in [6.45, 7) is 26.7. The van der Waals surface area contributed by atoms with E-state index in [1.54, 1.807) is 0 Å². The van der Waals surface area contributed by atoms with Gasteiger partial charge in [-0.2, -0.15) is 0 Å². The quantitative estimate of drug-likeness (QED) is 0.149. The van der Waals surface area contributed by atoms with Crippen LogP contribution in [0.3, 0.4) is 0 Å². The normalized spacial score (nSPS) is 17.6. The third kappa shape index (κ3) is 15.6. The maximum Gasteiger partial charge on any atom is 0.478 e. The fourth-order valence-corrected chi connectivity index (χ4v) is 25.9. The zero-order valence-electron chi connectivity index (χ0n) is 22.2. The van der Waals surface area contributed by atoms with Crippen molar-refractivity contribution in [2.24, 2.45) is 0 Å². The molecule has 5 nitrogen and oxygen atoms in total. The van der Waals surface area contributed by atoms with Gasteiger partial charge in [0, 0.05) is 13.2 Å². The highest BCUT2D eigenvalue weighted by atomic mass is 28.5. The molecule has 0 bridgehead atoms. The lowest BCUT2D eigenvalue weighted by Gasteiger charge is -2.43. The summed E-state index contributed by atoms with van der Waals surface area (Å²) >= 11 is 0. The SMILES string of the molecule is CCCCCCCC[Si](C)(O[Si](C)(C)O[Si](C)(C)C)O[Si](C)(OCC)O[Si](C)(C)C. The number of unbranched alkanes of at least 4 members (excludes halogenated alkanes) is 5. The molecule has 0 radical (unpaired) electrons. The van der Waals surface area contributed by atoms with E-state index >= 15 is 0 Å². The van der Waals surface area contributed by atoms with Crippen molar-refractivity contribution in [3.8, 4) is 0 Å². The monoisotopic (exact) mass is 512 g/mol. The molecule has 182 valence electrons. The largest absolute Gasteiger partial charge is 0.478 e. The summed E-state index contributed by atoms with van der Waals surface area (Å²) in [6, 6.07) is 0.968. The van der Waals surface area contributed by atoms with Crippen molar-refractivity contribution in [1.29, 1.82) is 0 Å². The molecule has 0 rings (SSSR count). The lowest BCUT2D eigenvalue weighted by atomic mass is 10.1. The van der Waals surface area contributed by atoms with Gasteiger partial charge in [-0.3, -0.25) is 0 Å². The molecular formula is C20H52O5Si5. The molecular weight excluding hydrogens is 461 g/mol. The maximum atomic E-state index is 6.84. The van der Waals surface area contributed by atoms with E-state index in [0.717, 1.165) is 12.5 Å². The highest BCUT2D eigenvalue weighted by Crippen LogP contribution is 2.30. The smallest absolute Gasteiger partial charge is 0.437 e. The Morgan fingerprint density at radius 3 is 1.50 bits per heavy atom. The Kier molecular flexibility index (Phi) is 13.3. The van der Waals surface area contributed by atoms with E-state index in [2.05, 4.69) is 72.4 Å². The first-order valence-corrected chi connectivity index (χ1v) is 26.3. The molecule has 2 atom stereocenters. The first-order valence-electron chi connectivity index (χ1n) is 11.9. The predicted molar refractivity (Wildman–Crippen MR) is 142 cm³/mol. The van der Waals surface area contributed by atoms with E-state index in [-0.39, 0.29) is 0 Å². The molecule has 0 aliphatic rings. The van der Waals surface area contributed by atoms with Gasteiger partial charge in [0.1, 0.15) is 0 Å². The summed E-state index contributed by atoms with van der Waals surface area (Å²) < 4.78 is 32.8. The van der Waals surface area contributed by atoms with E-state index in [9.17, 15) is 0 Å². The molecule has 30 heavy (non-hydrogen) atoms. The lowest BCUT2D eigenvalue weighted by molar-refractivity contribution is 0.159. The highest BCUT2D eigenvalue weighted by molar-refractivity contribution is 6.89. The van der Waals surface area contributed by atoms with E-state index in [1.807, 2.05) is 6.92 Å². The molecule has 2 unspecified atom stereocenters. The van der Waals surface area contributed by atoms with Crippen molar-refractivity contribution in [2.45, 2.75) is 124 Å². The van der Waals surface area contributed by atoms with Gasteiger partial charge in [-0.1, -0.05) is 45.4 Å². The van der Waals surface area contributed by atoms with Crippen LogP contribution in [-0.2, 0) is 20.9 Å². The summed E-state index contributed by atoms with van der Waals surface area (Å²) in [6.07, 6.45) is 7.57. The molecule has 0 saturated carbocycles. The molecule has 0 spiro atoms. The first kappa shape index (κ1) is 30.9. The molecule has 10 heteroatoms. The second-order valence-electron chi connectivity index (χ2n) is 11.0. The molecule has 0 heterocycles. The first-order chi connectivity index (χ1) is 13.4. The minimum absolute atomic E-state index is 0.598. The molecule has 0 amide bonds. The van der Waals surface area contributed by atoms with E-state index < -0.39 is 42.6 Å². The van der Waals surface area contributed by atoms with Crippen LogP contribution in [0.25, 0.3) is 0 Å². The van der Waals surface area contributed by atoms with Crippen molar-refractivity contribution in [3.05, 3.63) is 0 Å². The fourth-order valence-electron chi connectivity index (χ4n) is 3.92. The minimum atomic E-state index is -2.78. The molecule has 0 N–H and O–H groups in total. The second kappa shape index (κ2) is 12.9. The zero-order chi connectivity index (χ0) is 23.7. The van der Waals surface area contributed by atoms with Crippen LogP contribution in [0.2, 0.25) is 71.5 Å². The minimum Gasteiger partial charge on any atom is -0.437 e. The Balaban J connectivity index is 5.46.